The Hall–Kier alpha value is 0.949. The zero-order valence-corrected chi connectivity index (χ0v) is 22.8. The summed E-state index contributed by atoms with van der Waals surface area (Å²) in [6.45, 7) is 5.39. The van der Waals surface area contributed by atoms with Crippen LogP contribution in [0.1, 0.15) is 70.6 Å². The van der Waals surface area contributed by atoms with Gasteiger partial charge in [-0.3, -0.25) is 6.08 Å². The number of rotatable bonds is 4. The fourth-order valence-corrected chi connectivity index (χ4v) is 18.8. The zero-order chi connectivity index (χ0) is 14.7. The standard InChI is InChI=1S/C19H32PSi.4CH3.ClH.Cr/c1-21(2,19-15-9-10-16-19)20(17-11-5-3-6-12-17)18-13-7-4-8-14-18;;;;;;/h9,15,17-18H,3-8,10-14H2,1-2H3;4*1H3;1H;/q5*-1;;+5. The van der Waals surface area contributed by atoms with Crippen LogP contribution in [0, 0.1) is 35.8 Å². The third-order valence-electron chi connectivity index (χ3n) is 5.94. The SMILES string of the molecule is C[Si](C)(C1=[C-]CC=C1)P(C1CCCCC1)C1CCCCC1.Cl.[CH3-].[CH3-].[CH3-].[CH3-].[Cr+5]. The summed E-state index contributed by atoms with van der Waals surface area (Å²) in [4.78, 5) is 0. The number of allylic oxidation sites excluding steroid dienone is 4. The Bertz CT molecular complexity index is 393. The Morgan fingerprint density at radius 3 is 1.56 bits per heavy atom. The maximum atomic E-state index is 3.74. The molecule has 0 atom stereocenters. The topological polar surface area (TPSA) is 0 Å². The van der Waals surface area contributed by atoms with Gasteiger partial charge in [0, 0.05) is 0 Å². The minimum atomic E-state index is -1.29. The van der Waals surface area contributed by atoms with E-state index >= 15 is 0 Å². The smallest absolute Gasteiger partial charge is 0.358 e. The third-order valence-corrected chi connectivity index (χ3v) is 18.3. The normalized spacial score (nSPS) is 19.9. The van der Waals surface area contributed by atoms with Crippen molar-refractivity contribution in [3.63, 3.8) is 0 Å². The van der Waals surface area contributed by atoms with E-state index in [1.807, 2.05) is 0 Å². The van der Waals surface area contributed by atoms with Gasteiger partial charge in [0.15, 0.2) is 0 Å². The number of hydrogen-bond donors (Lipinski definition) is 0. The van der Waals surface area contributed by atoms with E-state index in [2.05, 4.69) is 31.3 Å². The summed E-state index contributed by atoms with van der Waals surface area (Å²) in [6.07, 6.45) is 24.9. The van der Waals surface area contributed by atoms with Crippen LogP contribution in [0.3, 0.4) is 0 Å². The molecule has 0 aromatic heterocycles. The van der Waals surface area contributed by atoms with Crippen molar-refractivity contribution in [3.8, 4) is 0 Å². The van der Waals surface area contributed by atoms with Gasteiger partial charge < -0.3 is 29.7 Å². The van der Waals surface area contributed by atoms with E-state index in [4.69, 9.17) is 0 Å². The van der Waals surface area contributed by atoms with Crippen LogP contribution in [-0.4, -0.2) is 19.1 Å². The van der Waals surface area contributed by atoms with Gasteiger partial charge in [-0.2, -0.15) is 6.08 Å². The summed E-state index contributed by atoms with van der Waals surface area (Å²) in [7, 11) is -1.05. The largest absolute Gasteiger partial charge is 5.00 e. The van der Waals surface area contributed by atoms with Crippen LogP contribution in [0.15, 0.2) is 17.3 Å². The molecule has 0 bridgehead atoms. The molecule has 0 aromatic carbocycles. The van der Waals surface area contributed by atoms with E-state index in [0.29, 0.717) is 0 Å². The average Bonchev–Trinajstić information content (AvgIpc) is 3.04. The van der Waals surface area contributed by atoms with E-state index < -0.39 is 7.74 Å². The number of halogens is 1. The van der Waals surface area contributed by atoms with Crippen LogP contribution in [-0.2, 0) is 17.4 Å². The second-order valence-electron chi connectivity index (χ2n) is 7.75. The van der Waals surface area contributed by atoms with Gasteiger partial charge in [-0.1, -0.05) is 51.6 Å². The van der Waals surface area contributed by atoms with Crippen molar-refractivity contribution in [2.45, 2.75) is 95.0 Å². The predicted octanol–water partition coefficient (Wildman–Crippen LogP) is 8.79. The molecule has 2 fully saturated rings. The van der Waals surface area contributed by atoms with Crippen molar-refractivity contribution in [2.24, 2.45) is 0 Å². The maximum absolute atomic E-state index is 3.74. The third kappa shape index (κ3) is 8.68. The average molecular weight is 468 g/mol. The van der Waals surface area contributed by atoms with Gasteiger partial charge in [0.25, 0.3) is 0 Å². The summed E-state index contributed by atoms with van der Waals surface area (Å²) in [5.74, 6) is 0. The Morgan fingerprint density at radius 2 is 1.22 bits per heavy atom. The second kappa shape index (κ2) is 16.7. The molecule has 0 aromatic rings. The fourth-order valence-electron chi connectivity index (χ4n) is 4.89. The Kier molecular flexibility index (Phi) is 21.9. The first-order chi connectivity index (χ1) is 10.2. The van der Waals surface area contributed by atoms with E-state index in [9.17, 15) is 0 Å². The molecule has 3 rings (SSSR count). The van der Waals surface area contributed by atoms with Gasteiger partial charge in [-0.05, 0) is 37.0 Å². The first-order valence-corrected chi connectivity index (χ1v) is 14.6. The molecule has 0 heterocycles. The quantitative estimate of drug-likeness (QED) is 0.220. The van der Waals surface area contributed by atoms with E-state index in [0.717, 1.165) is 17.7 Å². The van der Waals surface area contributed by atoms with Crippen molar-refractivity contribution in [1.29, 1.82) is 0 Å². The van der Waals surface area contributed by atoms with Crippen LogP contribution in [0.2, 0.25) is 13.1 Å². The molecule has 0 N–H and O–H groups in total. The maximum Gasteiger partial charge on any atom is 5.00 e. The molecule has 3 aliphatic carbocycles. The summed E-state index contributed by atoms with van der Waals surface area (Å²) in [5.41, 5.74) is 2.20. The van der Waals surface area contributed by atoms with E-state index in [1.165, 1.54) is 38.5 Å². The molecule has 3 aliphatic rings. The van der Waals surface area contributed by atoms with Crippen molar-refractivity contribution < 1.29 is 17.4 Å². The Morgan fingerprint density at radius 1 is 0.815 bits per heavy atom. The summed E-state index contributed by atoms with van der Waals surface area (Å²) in [6, 6.07) is 0. The van der Waals surface area contributed by atoms with Crippen LogP contribution in [0.5, 0.6) is 0 Å². The van der Waals surface area contributed by atoms with Crippen molar-refractivity contribution in [3.05, 3.63) is 53.1 Å². The minimum Gasteiger partial charge on any atom is -0.358 e. The molecule has 2 saturated carbocycles. The van der Waals surface area contributed by atoms with Crippen molar-refractivity contribution in [2.75, 3.05) is 0 Å². The summed E-state index contributed by atoms with van der Waals surface area (Å²) in [5, 5.41) is 1.68. The molecular formula is C23H45ClCrPSi. The second-order valence-corrected chi connectivity index (χ2v) is 18.6. The van der Waals surface area contributed by atoms with Gasteiger partial charge >= 0.3 is 17.4 Å². The van der Waals surface area contributed by atoms with Gasteiger partial charge in [0.2, 0.25) is 0 Å². The molecule has 0 amide bonds. The van der Waals surface area contributed by atoms with Gasteiger partial charge in [0.05, 0.1) is 7.74 Å². The fraction of sp³-hybridized carbons (Fsp3) is 0.652. The summed E-state index contributed by atoms with van der Waals surface area (Å²) < 4.78 is 0. The molecule has 1 radical (unpaired) electrons. The molecule has 159 valence electrons. The minimum absolute atomic E-state index is 0. The van der Waals surface area contributed by atoms with Crippen LogP contribution in [0.4, 0.5) is 0 Å². The monoisotopic (exact) mass is 467 g/mol. The molecule has 0 aliphatic heterocycles. The van der Waals surface area contributed by atoms with Crippen LogP contribution >= 0.6 is 19.9 Å². The van der Waals surface area contributed by atoms with Gasteiger partial charge in [0.1, 0.15) is 0 Å². The Balaban J connectivity index is -0.000000441. The van der Waals surface area contributed by atoms with Crippen LogP contribution in [0.25, 0.3) is 0 Å². The van der Waals surface area contributed by atoms with E-state index in [-0.39, 0.29) is 66.9 Å². The summed E-state index contributed by atoms with van der Waals surface area (Å²) >= 11 is 0. The molecule has 4 heteroatoms. The molecule has 0 spiro atoms. The van der Waals surface area contributed by atoms with Gasteiger partial charge in [-0.25, -0.2) is 11.3 Å². The van der Waals surface area contributed by atoms with Crippen molar-refractivity contribution in [1.82, 2.24) is 0 Å². The predicted molar refractivity (Wildman–Crippen MR) is 132 cm³/mol. The van der Waals surface area contributed by atoms with E-state index in [1.54, 1.807) is 30.9 Å². The zero-order valence-electron chi connectivity index (χ0n) is 18.9. The first-order valence-electron chi connectivity index (χ1n) is 9.26. The van der Waals surface area contributed by atoms with Crippen LogP contribution < -0.4 is 0 Å². The molecule has 27 heavy (non-hydrogen) atoms. The molecule has 0 saturated heterocycles. The molecule has 0 nitrogen and oxygen atoms in total. The van der Waals surface area contributed by atoms with Crippen molar-refractivity contribution >= 4 is 27.6 Å². The molecular weight excluding hydrogens is 423 g/mol. The molecule has 0 unspecified atom stereocenters. The Labute approximate surface area is 192 Å². The first kappa shape index (κ1) is 35.4. The van der Waals surface area contributed by atoms with Gasteiger partial charge in [-0.15, -0.1) is 26.3 Å². The number of hydrogen-bond acceptors (Lipinski definition) is 0.